The predicted molar refractivity (Wildman–Crippen MR) is 48.0 cm³/mol. The van der Waals surface area contributed by atoms with E-state index in [2.05, 4.69) is 27.2 Å². The molecular weight excluding hydrogens is 230 g/mol. The SMILES string of the molecule is C=C(Br)CNS(=O)(=O)C1CC1. The first-order valence-corrected chi connectivity index (χ1v) is 5.68. The number of rotatable bonds is 4. The fourth-order valence-electron chi connectivity index (χ4n) is 0.675. The third-order valence-electron chi connectivity index (χ3n) is 1.43. The van der Waals surface area contributed by atoms with Crippen molar-refractivity contribution in [3.63, 3.8) is 0 Å². The quantitative estimate of drug-likeness (QED) is 0.796. The van der Waals surface area contributed by atoms with Crippen LogP contribution in [0.5, 0.6) is 0 Å². The van der Waals surface area contributed by atoms with Gasteiger partial charge >= 0.3 is 0 Å². The van der Waals surface area contributed by atoms with Crippen molar-refractivity contribution in [2.45, 2.75) is 18.1 Å². The highest BCUT2D eigenvalue weighted by Gasteiger charge is 2.35. The fourth-order valence-corrected chi connectivity index (χ4v) is 2.37. The lowest BCUT2D eigenvalue weighted by molar-refractivity contribution is 0.584. The first kappa shape index (κ1) is 9.22. The summed E-state index contributed by atoms with van der Waals surface area (Å²) in [5.41, 5.74) is 0. The Morgan fingerprint density at radius 3 is 2.55 bits per heavy atom. The third kappa shape index (κ3) is 2.92. The van der Waals surface area contributed by atoms with Gasteiger partial charge in [0.25, 0.3) is 0 Å². The summed E-state index contributed by atoms with van der Waals surface area (Å²) in [4.78, 5) is 0. The van der Waals surface area contributed by atoms with E-state index < -0.39 is 10.0 Å². The number of hydrogen-bond acceptors (Lipinski definition) is 2. The zero-order valence-electron chi connectivity index (χ0n) is 6.01. The highest BCUT2D eigenvalue weighted by molar-refractivity contribution is 9.11. The van der Waals surface area contributed by atoms with Gasteiger partial charge in [0.15, 0.2) is 0 Å². The molecule has 0 aromatic rings. The van der Waals surface area contributed by atoms with Crippen LogP contribution in [0.15, 0.2) is 11.1 Å². The van der Waals surface area contributed by atoms with Gasteiger partial charge in [-0.25, -0.2) is 13.1 Å². The van der Waals surface area contributed by atoms with Gasteiger partial charge < -0.3 is 0 Å². The Balaban J connectivity index is 2.40. The van der Waals surface area contributed by atoms with Crippen molar-refractivity contribution in [3.05, 3.63) is 11.1 Å². The van der Waals surface area contributed by atoms with E-state index in [1.807, 2.05) is 0 Å². The molecule has 11 heavy (non-hydrogen) atoms. The average Bonchev–Trinajstić information content (AvgIpc) is 2.64. The van der Waals surface area contributed by atoms with E-state index in [0.29, 0.717) is 11.0 Å². The molecule has 0 amide bonds. The first-order valence-electron chi connectivity index (χ1n) is 3.34. The monoisotopic (exact) mass is 239 g/mol. The summed E-state index contributed by atoms with van der Waals surface area (Å²) in [5, 5.41) is -0.144. The Hall–Kier alpha value is 0.130. The van der Waals surface area contributed by atoms with E-state index >= 15 is 0 Å². The van der Waals surface area contributed by atoms with Crippen LogP contribution in [0.1, 0.15) is 12.8 Å². The summed E-state index contributed by atoms with van der Waals surface area (Å²) in [6.07, 6.45) is 1.59. The van der Waals surface area contributed by atoms with Gasteiger partial charge in [-0.05, 0) is 12.8 Å². The molecule has 0 atom stereocenters. The van der Waals surface area contributed by atoms with Crippen molar-refractivity contribution in [2.75, 3.05) is 6.54 Å². The van der Waals surface area contributed by atoms with Crippen LogP contribution >= 0.6 is 15.9 Å². The van der Waals surface area contributed by atoms with Gasteiger partial charge in [0.05, 0.1) is 5.25 Å². The molecule has 0 aromatic heterocycles. The lowest BCUT2D eigenvalue weighted by atomic mass is 10.7. The Bertz CT molecular complexity index is 256. The third-order valence-corrected chi connectivity index (χ3v) is 3.60. The standard InChI is InChI=1S/C6H10BrNO2S/c1-5(7)4-8-11(9,10)6-2-3-6/h6,8H,1-4H2. The van der Waals surface area contributed by atoms with Crippen molar-refractivity contribution >= 4 is 26.0 Å². The maximum Gasteiger partial charge on any atom is 0.214 e. The van der Waals surface area contributed by atoms with Crippen molar-refractivity contribution in [1.29, 1.82) is 0 Å². The van der Waals surface area contributed by atoms with Crippen LogP contribution in [0.3, 0.4) is 0 Å². The van der Waals surface area contributed by atoms with Gasteiger partial charge in [-0.2, -0.15) is 0 Å². The van der Waals surface area contributed by atoms with Crippen LogP contribution in [-0.2, 0) is 10.0 Å². The van der Waals surface area contributed by atoms with Gasteiger partial charge in [-0.3, -0.25) is 0 Å². The van der Waals surface area contributed by atoms with Gasteiger partial charge in [-0.15, -0.1) is 0 Å². The minimum absolute atomic E-state index is 0.144. The first-order chi connectivity index (χ1) is 5.02. The molecule has 0 spiro atoms. The topological polar surface area (TPSA) is 46.2 Å². The second-order valence-corrected chi connectivity index (χ2v) is 5.75. The lowest BCUT2D eigenvalue weighted by Crippen LogP contribution is -2.28. The molecule has 0 radical (unpaired) electrons. The average molecular weight is 240 g/mol. The number of nitrogens with one attached hydrogen (secondary N) is 1. The number of halogens is 1. The second-order valence-electron chi connectivity index (χ2n) is 2.58. The maximum absolute atomic E-state index is 11.1. The molecule has 1 aliphatic rings. The summed E-state index contributed by atoms with van der Waals surface area (Å²) in [6, 6.07) is 0. The molecular formula is C6H10BrNO2S. The summed E-state index contributed by atoms with van der Waals surface area (Å²) < 4.78 is 25.3. The van der Waals surface area contributed by atoms with Gasteiger partial charge in [-0.1, -0.05) is 22.5 Å². The van der Waals surface area contributed by atoms with Crippen LogP contribution in [0.4, 0.5) is 0 Å². The van der Waals surface area contributed by atoms with Crippen LogP contribution < -0.4 is 4.72 Å². The van der Waals surface area contributed by atoms with Crippen molar-refractivity contribution in [3.8, 4) is 0 Å². The summed E-state index contributed by atoms with van der Waals surface area (Å²) in [5.74, 6) is 0. The van der Waals surface area contributed by atoms with Gasteiger partial charge in [0.2, 0.25) is 10.0 Å². The highest BCUT2D eigenvalue weighted by Crippen LogP contribution is 2.27. The Morgan fingerprint density at radius 1 is 1.64 bits per heavy atom. The molecule has 1 fully saturated rings. The maximum atomic E-state index is 11.1. The zero-order chi connectivity index (χ0) is 8.48. The molecule has 5 heteroatoms. The number of hydrogen-bond donors (Lipinski definition) is 1. The Morgan fingerprint density at radius 2 is 2.18 bits per heavy atom. The summed E-state index contributed by atoms with van der Waals surface area (Å²) >= 11 is 3.08. The normalized spacial score (nSPS) is 18.3. The lowest BCUT2D eigenvalue weighted by Gasteiger charge is -2.02. The smallest absolute Gasteiger partial charge is 0.212 e. The van der Waals surface area contributed by atoms with E-state index in [0.717, 1.165) is 12.8 Å². The van der Waals surface area contributed by atoms with Crippen LogP contribution in [0.2, 0.25) is 0 Å². The van der Waals surface area contributed by atoms with E-state index in [1.54, 1.807) is 0 Å². The molecule has 1 saturated carbocycles. The van der Waals surface area contributed by atoms with Crippen molar-refractivity contribution < 1.29 is 8.42 Å². The van der Waals surface area contributed by atoms with Crippen molar-refractivity contribution in [1.82, 2.24) is 4.72 Å². The molecule has 0 aliphatic heterocycles. The van der Waals surface area contributed by atoms with Crippen LogP contribution in [-0.4, -0.2) is 20.2 Å². The molecule has 0 saturated heterocycles. The predicted octanol–water partition coefficient (Wildman–Crippen LogP) is 0.977. The molecule has 0 unspecified atom stereocenters. The molecule has 1 aliphatic carbocycles. The van der Waals surface area contributed by atoms with Crippen LogP contribution in [0, 0.1) is 0 Å². The summed E-state index contributed by atoms with van der Waals surface area (Å²) in [6.45, 7) is 3.82. The Labute approximate surface area is 75.0 Å². The van der Waals surface area contributed by atoms with E-state index in [1.165, 1.54) is 0 Å². The van der Waals surface area contributed by atoms with Gasteiger partial charge in [0, 0.05) is 11.0 Å². The Kier molecular flexibility index (Phi) is 2.72. The molecule has 0 heterocycles. The second kappa shape index (κ2) is 3.25. The fraction of sp³-hybridized carbons (Fsp3) is 0.667. The molecule has 1 N–H and O–H groups in total. The minimum Gasteiger partial charge on any atom is -0.212 e. The molecule has 1 rings (SSSR count). The zero-order valence-corrected chi connectivity index (χ0v) is 8.41. The molecule has 3 nitrogen and oxygen atoms in total. The van der Waals surface area contributed by atoms with E-state index in [-0.39, 0.29) is 5.25 Å². The van der Waals surface area contributed by atoms with Gasteiger partial charge in [0.1, 0.15) is 0 Å². The minimum atomic E-state index is -3.02. The number of sulfonamides is 1. The van der Waals surface area contributed by atoms with E-state index in [4.69, 9.17) is 0 Å². The van der Waals surface area contributed by atoms with Crippen molar-refractivity contribution in [2.24, 2.45) is 0 Å². The highest BCUT2D eigenvalue weighted by atomic mass is 79.9. The molecule has 64 valence electrons. The summed E-state index contributed by atoms with van der Waals surface area (Å²) in [7, 11) is -3.02. The molecule has 0 aromatic carbocycles. The largest absolute Gasteiger partial charge is 0.214 e. The van der Waals surface area contributed by atoms with Crippen LogP contribution in [0.25, 0.3) is 0 Å². The van der Waals surface area contributed by atoms with E-state index in [9.17, 15) is 8.42 Å². The molecule has 0 bridgehead atoms.